The highest BCUT2D eigenvalue weighted by Gasteiger charge is 2.35. The molecule has 0 atom stereocenters. The first-order valence-electron chi connectivity index (χ1n) is 45.8. The Kier molecular flexibility index (Phi) is 20.4. The molecule has 5 aromatic heterocycles. The molecule has 0 saturated heterocycles. The molecule has 9 heteroatoms. The van der Waals surface area contributed by atoms with Gasteiger partial charge < -0.3 is 0 Å². The number of rotatable bonds is 12. The Morgan fingerprint density at radius 2 is 0.378 bits per heavy atom. The van der Waals surface area contributed by atoms with E-state index >= 15 is 0 Å². The van der Waals surface area contributed by atoms with Gasteiger partial charge in [-0.25, -0.2) is 44.9 Å². The fraction of sp³-hybridized carbons (Fsp3) is 0.0238. The van der Waals surface area contributed by atoms with Gasteiger partial charge in [-0.2, -0.15) is 0 Å². The van der Waals surface area contributed by atoms with Crippen LogP contribution in [0.2, 0.25) is 0 Å². The smallest absolute Gasteiger partial charge is 0.164 e. The summed E-state index contributed by atoms with van der Waals surface area (Å²) in [5.41, 5.74) is 31.2. The monoisotopic (exact) mass is 1720 g/mol. The number of benzene rings is 20. The molecule has 135 heavy (non-hydrogen) atoms. The first-order valence-corrected chi connectivity index (χ1v) is 45.8. The van der Waals surface area contributed by atoms with Crippen molar-refractivity contribution in [2.24, 2.45) is 0 Å². The zero-order chi connectivity index (χ0) is 89.9. The third-order valence-corrected chi connectivity index (χ3v) is 26.4. The van der Waals surface area contributed by atoms with Gasteiger partial charge in [0.15, 0.2) is 34.9 Å². The third-order valence-electron chi connectivity index (χ3n) is 26.4. The van der Waals surface area contributed by atoms with E-state index in [1.807, 2.05) is 133 Å². The minimum absolute atomic E-state index is 0.0162. The molecule has 0 unspecified atom stereocenters. The molecule has 1 aliphatic carbocycles. The molecule has 632 valence electrons. The number of hydrogen-bond acceptors (Lipinski definition) is 9. The van der Waals surface area contributed by atoms with Crippen molar-refractivity contribution in [1.29, 1.82) is 0 Å². The molecule has 0 amide bonds. The highest BCUT2D eigenvalue weighted by atomic mass is 15.0. The van der Waals surface area contributed by atoms with Crippen molar-refractivity contribution < 1.29 is 0 Å². The van der Waals surface area contributed by atoms with Crippen LogP contribution in [0.1, 0.15) is 25.0 Å². The van der Waals surface area contributed by atoms with Crippen molar-refractivity contribution in [1.82, 2.24) is 44.9 Å². The zero-order valence-corrected chi connectivity index (χ0v) is 74.0. The first kappa shape index (κ1) is 80.5. The van der Waals surface area contributed by atoms with Crippen molar-refractivity contribution in [2.75, 3.05) is 0 Å². The fourth-order valence-corrected chi connectivity index (χ4v) is 19.6. The molecular weight excluding hydrogens is 1640 g/mol. The summed E-state index contributed by atoms with van der Waals surface area (Å²) < 4.78 is 0. The maximum absolute atomic E-state index is 5.09. The number of nitrogens with zero attached hydrogens (tertiary/aromatic N) is 9. The van der Waals surface area contributed by atoms with Gasteiger partial charge in [0.1, 0.15) is 0 Å². The van der Waals surface area contributed by atoms with Crippen LogP contribution in [0.4, 0.5) is 0 Å². The topological polar surface area (TPSA) is 116 Å². The van der Waals surface area contributed by atoms with Crippen molar-refractivity contribution in [3.63, 3.8) is 0 Å². The summed E-state index contributed by atoms with van der Waals surface area (Å²) in [5, 5.41) is 14.2. The quantitative estimate of drug-likeness (QED) is 0.0871. The number of hydrogen-bond donors (Lipinski definition) is 0. The molecule has 0 saturated carbocycles. The Morgan fingerprint density at radius 3 is 0.733 bits per heavy atom. The lowest BCUT2D eigenvalue weighted by molar-refractivity contribution is 0.660. The Hall–Kier alpha value is -17.8. The van der Waals surface area contributed by atoms with Gasteiger partial charge in [-0.1, -0.05) is 390 Å². The van der Waals surface area contributed by atoms with Crippen LogP contribution in [0.5, 0.6) is 0 Å². The summed E-state index contributed by atoms with van der Waals surface area (Å²) in [4.78, 5) is 44.7. The van der Waals surface area contributed by atoms with E-state index in [4.69, 9.17) is 44.9 Å². The average Bonchev–Trinajstić information content (AvgIpc) is 1.63. The minimum Gasteiger partial charge on any atom is -0.248 e. The standard InChI is InChI=1S/C44H28N4.C44H31N.C38H24N4/c1-3-13-29(14-4-1)42-46-43(30-15-5-2-6-16-30)48-44(47-42)35-21-12-19-32(26-35)31-18-11-20-33(25-31)38-28-41-39(37-23-9-8-22-36(37)38)27-34-17-7-10-24-40(34)45-41;1-44(2)40-19-7-6-18-36(40)37-22-21-31(26-41(37)44)29-13-9-12-28(23-29)30-14-10-15-32(24-30)38-27-43-39(35-17-5-4-16-34(35)38)25-33-11-3-8-20-42(33)45-43;1-3-12-25(13-4-1)36-40-37(26-14-5-2-6-15-26)42-38(41-36)29-18-11-17-27(22-29)32-24-35-33(31-20-9-8-19-30(31)32)23-28-16-7-10-21-34(28)39-35/h1-28H;3-27H,1-2H3;1-24H. The molecule has 9 nitrogen and oxygen atoms in total. The molecule has 20 aromatic carbocycles. The van der Waals surface area contributed by atoms with Gasteiger partial charge >= 0.3 is 0 Å². The van der Waals surface area contributed by atoms with E-state index < -0.39 is 0 Å². The Morgan fingerprint density at radius 1 is 0.133 bits per heavy atom. The SMILES string of the molecule is CC1(C)c2ccccc2-c2ccc(-c3cccc(-c4cccc(-c5cc6nc7ccccc7cc6c6ccccc56)c4)c3)cc21.c1ccc(-c2nc(-c3ccccc3)nc(-c3cccc(-c4cc5nc6ccccc6cc5c5ccccc45)c3)n2)cc1.c1ccc(-c2nc(-c3ccccc3)nc(-c3cccc(-c4cccc(-c5cc6nc7ccccc7cc6c6ccccc56)c4)c3)n2)cc1. The van der Waals surface area contributed by atoms with E-state index in [0.29, 0.717) is 34.9 Å². The first-order chi connectivity index (χ1) is 66.6. The second kappa shape index (κ2) is 34.3. The Labute approximate surface area is 781 Å². The lowest BCUT2D eigenvalue weighted by Gasteiger charge is -2.22. The van der Waals surface area contributed by atoms with Crippen LogP contribution >= 0.6 is 0 Å². The minimum atomic E-state index is -0.0162. The van der Waals surface area contributed by atoms with Crippen LogP contribution < -0.4 is 0 Å². The molecule has 5 heterocycles. The van der Waals surface area contributed by atoms with E-state index in [9.17, 15) is 0 Å². The number of pyridine rings is 3. The average molecular weight is 1720 g/mol. The molecule has 1 aliphatic rings. The van der Waals surface area contributed by atoms with E-state index in [1.165, 1.54) is 104 Å². The van der Waals surface area contributed by atoms with E-state index in [0.717, 1.165) is 116 Å². The van der Waals surface area contributed by atoms with Crippen molar-refractivity contribution in [2.45, 2.75) is 19.3 Å². The highest BCUT2D eigenvalue weighted by molar-refractivity contribution is 6.18. The van der Waals surface area contributed by atoms with Crippen LogP contribution in [-0.2, 0) is 5.41 Å². The van der Waals surface area contributed by atoms with Gasteiger partial charge in [0.25, 0.3) is 0 Å². The molecule has 26 rings (SSSR count). The maximum atomic E-state index is 5.09. The molecule has 25 aromatic rings. The second-order valence-electron chi connectivity index (χ2n) is 35.1. The molecule has 0 bridgehead atoms. The Bertz CT molecular complexity index is 8860. The molecule has 0 radical (unpaired) electrons. The summed E-state index contributed by atoms with van der Waals surface area (Å²) in [7, 11) is 0. The van der Waals surface area contributed by atoms with Gasteiger partial charge in [0.05, 0.1) is 33.1 Å². The van der Waals surface area contributed by atoms with E-state index in [-0.39, 0.29) is 5.41 Å². The Balaban J connectivity index is 0.000000111. The summed E-state index contributed by atoms with van der Waals surface area (Å²) in [6, 6.07) is 164. The van der Waals surface area contributed by atoms with Crippen LogP contribution in [-0.4, -0.2) is 44.9 Å². The summed E-state index contributed by atoms with van der Waals surface area (Å²) in [5.74, 6) is 3.88. The van der Waals surface area contributed by atoms with Crippen LogP contribution in [0.3, 0.4) is 0 Å². The highest BCUT2D eigenvalue weighted by Crippen LogP contribution is 2.51. The predicted molar refractivity (Wildman–Crippen MR) is 560 cm³/mol. The summed E-state index contributed by atoms with van der Waals surface area (Å²) in [6.45, 7) is 4.69. The van der Waals surface area contributed by atoms with Gasteiger partial charge in [-0.05, 0) is 212 Å². The molecule has 0 fully saturated rings. The van der Waals surface area contributed by atoms with E-state index in [2.05, 4.69) is 347 Å². The maximum Gasteiger partial charge on any atom is 0.164 e. The van der Waals surface area contributed by atoms with Gasteiger partial charge in [-0.15, -0.1) is 0 Å². The second-order valence-corrected chi connectivity index (χ2v) is 35.1. The molecule has 0 aliphatic heterocycles. The zero-order valence-electron chi connectivity index (χ0n) is 74.0. The summed E-state index contributed by atoms with van der Waals surface area (Å²) in [6.07, 6.45) is 0. The van der Waals surface area contributed by atoms with Crippen molar-refractivity contribution >= 4 is 97.7 Å². The van der Waals surface area contributed by atoms with Crippen LogP contribution in [0, 0.1) is 0 Å². The molecule has 0 N–H and O–H groups in total. The molecular formula is C126H83N9. The van der Waals surface area contributed by atoms with E-state index in [1.54, 1.807) is 0 Å². The van der Waals surface area contributed by atoms with Gasteiger partial charge in [-0.3, -0.25) is 0 Å². The number of aromatic nitrogens is 9. The normalized spacial score (nSPS) is 12.0. The lowest BCUT2D eigenvalue weighted by Crippen LogP contribution is -2.14. The van der Waals surface area contributed by atoms with Gasteiger partial charge in [0.2, 0.25) is 0 Å². The fourth-order valence-electron chi connectivity index (χ4n) is 19.6. The third kappa shape index (κ3) is 15.4. The van der Waals surface area contributed by atoms with Crippen molar-refractivity contribution in [3.05, 3.63) is 478 Å². The number of fused-ring (bicyclic) bond motifs is 15. The van der Waals surface area contributed by atoms with Gasteiger partial charge in [0, 0.05) is 71.1 Å². The largest absolute Gasteiger partial charge is 0.248 e. The number of para-hydroxylation sites is 3. The molecule has 0 spiro atoms. The summed E-state index contributed by atoms with van der Waals surface area (Å²) >= 11 is 0. The van der Waals surface area contributed by atoms with Crippen LogP contribution in [0.25, 0.3) is 244 Å². The predicted octanol–water partition coefficient (Wildman–Crippen LogP) is 32.3. The van der Waals surface area contributed by atoms with Crippen molar-refractivity contribution in [3.8, 4) is 146 Å². The lowest BCUT2D eigenvalue weighted by atomic mass is 9.81. The van der Waals surface area contributed by atoms with Crippen LogP contribution in [0.15, 0.2) is 467 Å².